The van der Waals surface area contributed by atoms with Crippen molar-refractivity contribution in [2.24, 2.45) is 0 Å². The Morgan fingerprint density at radius 3 is 2.64 bits per heavy atom. The quantitative estimate of drug-likeness (QED) is 0.732. The highest BCUT2D eigenvalue weighted by Crippen LogP contribution is 2.40. The monoisotopic (exact) mass is 191 g/mol. The molecule has 1 fully saturated rings. The van der Waals surface area contributed by atoms with E-state index in [1.807, 2.05) is 6.20 Å². The average molecular weight is 191 g/mol. The molecule has 1 aromatic heterocycles. The molecule has 0 amide bonds. The molecule has 0 aliphatic heterocycles. The zero-order valence-corrected chi connectivity index (χ0v) is 9.08. The fourth-order valence-corrected chi connectivity index (χ4v) is 1.68. The lowest BCUT2D eigenvalue weighted by molar-refractivity contribution is 0.406. The first-order valence-electron chi connectivity index (χ1n) is 5.26. The summed E-state index contributed by atoms with van der Waals surface area (Å²) in [6.45, 7) is 4.33. The predicted octanol–water partition coefficient (Wildman–Crippen LogP) is 3.09. The van der Waals surface area contributed by atoms with Gasteiger partial charge in [-0.2, -0.15) is 0 Å². The Hall–Kier alpha value is -1.05. The fourth-order valence-electron chi connectivity index (χ4n) is 1.68. The second-order valence-electron chi connectivity index (χ2n) is 4.28. The lowest BCUT2D eigenvalue weighted by atomic mass is 10.0. The van der Waals surface area contributed by atoms with Gasteiger partial charge >= 0.3 is 0 Å². The minimum absolute atomic E-state index is 0.478. The van der Waals surface area contributed by atoms with E-state index in [1.54, 1.807) is 7.11 Å². The molecular formula is C12H17NO. The number of nitrogens with zero attached hydrogens (tertiary/aromatic N) is 1. The number of aromatic nitrogens is 1. The van der Waals surface area contributed by atoms with Gasteiger partial charge < -0.3 is 4.74 Å². The number of hydrogen-bond donors (Lipinski definition) is 0. The number of pyridine rings is 1. The number of rotatable bonds is 3. The van der Waals surface area contributed by atoms with Gasteiger partial charge in [0.15, 0.2) is 0 Å². The maximum Gasteiger partial charge on any atom is 0.125 e. The van der Waals surface area contributed by atoms with Crippen LogP contribution in [-0.4, -0.2) is 12.1 Å². The highest BCUT2D eigenvalue weighted by atomic mass is 16.5. The third kappa shape index (κ3) is 1.74. The molecule has 1 aromatic rings. The van der Waals surface area contributed by atoms with E-state index in [0.717, 1.165) is 5.75 Å². The van der Waals surface area contributed by atoms with E-state index in [9.17, 15) is 0 Å². The average Bonchev–Trinajstić information content (AvgIpc) is 3.00. The van der Waals surface area contributed by atoms with Gasteiger partial charge in [0.1, 0.15) is 5.75 Å². The van der Waals surface area contributed by atoms with Crippen LogP contribution in [-0.2, 0) is 0 Å². The van der Waals surface area contributed by atoms with Crippen LogP contribution in [0.1, 0.15) is 49.8 Å². The summed E-state index contributed by atoms with van der Waals surface area (Å²) in [4.78, 5) is 4.49. The van der Waals surface area contributed by atoms with E-state index in [0.29, 0.717) is 11.8 Å². The highest BCUT2D eigenvalue weighted by molar-refractivity contribution is 5.37. The van der Waals surface area contributed by atoms with Gasteiger partial charge in [-0.3, -0.25) is 4.98 Å². The van der Waals surface area contributed by atoms with Crippen molar-refractivity contribution in [1.29, 1.82) is 0 Å². The molecule has 0 N–H and O–H groups in total. The molecule has 1 saturated carbocycles. The first-order chi connectivity index (χ1) is 6.72. The molecule has 1 aliphatic carbocycles. The van der Waals surface area contributed by atoms with Crippen molar-refractivity contribution in [2.45, 2.75) is 38.5 Å². The molecule has 2 heteroatoms. The van der Waals surface area contributed by atoms with Gasteiger partial charge in [0.05, 0.1) is 7.11 Å². The van der Waals surface area contributed by atoms with Crippen LogP contribution in [0.25, 0.3) is 0 Å². The molecule has 76 valence electrons. The summed E-state index contributed by atoms with van der Waals surface area (Å²) < 4.78 is 5.39. The molecule has 2 nitrogen and oxygen atoms in total. The molecule has 2 rings (SSSR count). The largest absolute Gasteiger partial charge is 0.496 e. The van der Waals surface area contributed by atoms with E-state index in [4.69, 9.17) is 4.74 Å². The molecule has 0 spiro atoms. The fraction of sp³-hybridized carbons (Fsp3) is 0.583. The molecule has 1 aliphatic rings. The van der Waals surface area contributed by atoms with E-state index in [-0.39, 0.29) is 0 Å². The van der Waals surface area contributed by atoms with Crippen LogP contribution in [0.15, 0.2) is 12.3 Å². The van der Waals surface area contributed by atoms with Crippen molar-refractivity contribution >= 4 is 0 Å². The maximum absolute atomic E-state index is 5.39. The van der Waals surface area contributed by atoms with Crippen molar-refractivity contribution < 1.29 is 4.74 Å². The number of methoxy groups -OCH3 is 1. The molecule has 14 heavy (non-hydrogen) atoms. The molecule has 0 atom stereocenters. The SMILES string of the molecule is COc1cc(C2CC2)ncc1C(C)C. The Balaban J connectivity index is 2.33. The summed E-state index contributed by atoms with van der Waals surface area (Å²) in [5, 5.41) is 0. The summed E-state index contributed by atoms with van der Waals surface area (Å²) in [5.74, 6) is 2.17. The summed E-state index contributed by atoms with van der Waals surface area (Å²) >= 11 is 0. The molecule has 1 heterocycles. The molecule has 0 aromatic carbocycles. The van der Waals surface area contributed by atoms with Crippen LogP contribution >= 0.6 is 0 Å². The van der Waals surface area contributed by atoms with Crippen LogP contribution < -0.4 is 4.74 Å². The summed E-state index contributed by atoms with van der Waals surface area (Å²) in [6.07, 6.45) is 4.55. The van der Waals surface area contributed by atoms with Crippen LogP contribution in [0.4, 0.5) is 0 Å². The molecule has 0 bridgehead atoms. The van der Waals surface area contributed by atoms with Gasteiger partial charge in [-0.1, -0.05) is 13.8 Å². The van der Waals surface area contributed by atoms with Crippen molar-refractivity contribution in [3.63, 3.8) is 0 Å². The van der Waals surface area contributed by atoms with E-state index in [2.05, 4.69) is 24.9 Å². The third-order valence-corrected chi connectivity index (χ3v) is 2.75. The van der Waals surface area contributed by atoms with Gasteiger partial charge in [0, 0.05) is 29.4 Å². The number of hydrogen-bond acceptors (Lipinski definition) is 2. The van der Waals surface area contributed by atoms with Crippen LogP contribution in [0.5, 0.6) is 5.75 Å². The molecular weight excluding hydrogens is 174 g/mol. The molecule has 0 saturated heterocycles. The van der Waals surface area contributed by atoms with Crippen LogP contribution in [0.2, 0.25) is 0 Å². The van der Waals surface area contributed by atoms with Crippen molar-refractivity contribution in [1.82, 2.24) is 4.98 Å². The van der Waals surface area contributed by atoms with Crippen molar-refractivity contribution in [3.05, 3.63) is 23.5 Å². The Morgan fingerprint density at radius 2 is 2.14 bits per heavy atom. The minimum Gasteiger partial charge on any atom is -0.496 e. The zero-order chi connectivity index (χ0) is 10.1. The van der Waals surface area contributed by atoms with Gasteiger partial charge in [-0.05, 0) is 18.8 Å². The van der Waals surface area contributed by atoms with Gasteiger partial charge in [-0.25, -0.2) is 0 Å². The Kier molecular flexibility index (Phi) is 2.44. The summed E-state index contributed by atoms with van der Waals surface area (Å²) in [7, 11) is 1.73. The van der Waals surface area contributed by atoms with E-state index >= 15 is 0 Å². The van der Waals surface area contributed by atoms with Gasteiger partial charge in [0.2, 0.25) is 0 Å². The van der Waals surface area contributed by atoms with E-state index < -0.39 is 0 Å². The molecule has 0 unspecified atom stereocenters. The van der Waals surface area contributed by atoms with Crippen molar-refractivity contribution in [2.75, 3.05) is 7.11 Å². The standard InChI is InChI=1S/C12H17NO/c1-8(2)10-7-13-11(9-4-5-9)6-12(10)14-3/h6-9H,4-5H2,1-3H3. The topological polar surface area (TPSA) is 22.1 Å². The Bertz CT molecular complexity index is 329. The highest BCUT2D eigenvalue weighted by Gasteiger charge is 2.26. The second-order valence-corrected chi connectivity index (χ2v) is 4.28. The molecule has 0 radical (unpaired) electrons. The summed E-state index contributed by atoms with van der Waals surface area (Å²) in [6, 6.07) is 2.10. The summed E-state index contributed by atoms with van der Waals surface area (Å²) in [5.41, 5.74) is 2.41. The first-order valence-corrected chi connectivity index (χ1v) is 5.26. The van der Waals surface area contributed by atoms with Gasteiger partial charge in [-0.15, -0.1) is 0 Å². The van der Waals surface area contributed by atoms with Crippen molar-refractivity contribution in [3.8, 4) is 5.75 Å². The number of ether oxygens (including phenoxy) is 1. The maximum atomic E-state index is 5.39. The first kappa shape index (κ1) is 9.50. The predicted molar refractivity (Wildman–Crippen MR) is 56.9 cm³/mol. The Morgan fingerprint density at radius 1 is 1.43 bits per heavy atom. The smallest absolute Gasteiger partial charge is 0.125 e. The second kappa shape index (κ2) is 3.60. The zero-order valence-electron chi connectivity index (χ0n) is 9.08. The Labute approximate surface area is 85.3 Å². The van der Waals surface area contributed by atoms with Crippen LogP contribution in [0.3, 0.4) is 0 Å². The van der Waals surface area contributed by atoms with E-state index in [1.165, 1.54) is 24.1 Å². The lowest BCUT2D eigenvalue weighted by Crippen LogP contribution is -1.97. The lowest BCUT2D eigenvalue weighted by Gasteiger charge is -2.12. The normalized spacial score (nSPS) is 16.0. The van der Waals surface area contributed by atoms with Crippen LogP contribution in [0, 0.1) is 0 Å². The van der Waals surface area contributed by atoms with Gasteiger partial charge in [0.25, 0.3) is 0 Å². The third-order valence-electron chi connectivity index (χ3n) is 2.75. The minimum atomic E-state index is 0.478.